The molecule has 3 rings (SSSR count). The summed E-state index contributed by atoms with van der Waals surface area (Å²) in [6.45, 7) is 11.6. The number of fused-ring (bicyclic) bond motifs is 1. The highest BCUT2D eigenvalue weighted by Crippen LogP contribution is 2.44. The second-order valence-electron chi connectivity index (χ2n) is 10.4. The van der Waals surface area contributed by atoms with Crippen LogP contribution in [0.15, 0.2) is 48.5 Å². The Balaban J connectivity index is 1.88. The molecule has 2 aromatic carbocycles. The largest absolute Gasteiger partial charge is 0.389 e. The summed E-state index contributed by atoms with van der Waals surface area (Å²) >= 11 is 0. The van der Waals surface area contributed by atoms with Gasteiger partial charge in [0.1, 0.15) is 0 Å². The van der Waals surface area contributed by atoms with Crippen LogP contribution >= 0.6 is 0 Å². The third-order valence-electron chi connectivity index (χ3n) is 5.95. The molecule has 0 radical (unpaired) electrons. The van der Waals surface area contributed by atoms with E-state index in [0.717, 1.165) is 11.1 Å². The van der Waals surface area contributed by atoms with Crippen molar-refractivity contribution in [2.75, 3.05) is 0 Å². The molecule has 2 atom stereocenters. The Morgan fingerprint density at radius 3 is 2.35 bits per heavy atom. The number of carbonyl (C=O) groups excluding carboxylic acids is 2. The van der Waals surface area contributed by atoms with Gasteiger partial charge in [-0.15, -0.1) is 0 Å². The number of rotatable bonds is 5. The van der Waals surface area contributed by atoms with Gasteiger partial charge in [-0.05, 0) is 77.6 Å². The van der Waals surface area contributed by atoms with E-state index in [-0.39, 0.29) is 23.3 Å². The van der Waals surface area contributed by atoms with Crippen LogP contribution in [0.5, 0.6) is 0 Å². The van der Waals surface area contributed by atoms with Crippen molar-refractivity contribution in [2.45, 2.75) is 77.0 Å². The van der Waals surface area contributed by atoms with Gasteiger partial charge in [-0.25, -0.2) is 0 Å². The molecule has 2 amide bonds. The first-order chi connectivity index (χ1) is 14.3. The third kappa shape index (κ3) is 4.99. The molecule has 0 saturated carbocycles. The molecule has 0 aliphatic carbocycles. The standard InChI is InChI=1S/C26H34N2O3/c1-24(2,3)27-22(29)18-12-8-7-11-17(18)15-16-26(6,31)21-19-13-9-10-14-20(19)23(30)28-25(21,4)5/h7-14,21,31H,15-16H2,1-6H3,(H,27,29)(H,28,30). The van der Waals surface area contributed by atoms with E-state index in [1.54, 1.807) is 6.07 Å². The number of hydrogen-bond acceptors (Lipinski definition) is 3. The average Bonchev–Trinajstić information content (AvgIpc) is 2.64. The Morgan fingerprint density at radius 1 is 1.06 bits per heavy atom. The Morgan fingerprint density at radius 2 is 1.68 bits per heavy atom. The fraction of sp³-hybridized carbons (Fsp3) is 0.462. The zero-order valence-corrected chi connectivity index (χ0v) is 19.4. The lowest BCUT2D eigenvalue weighted by Gasteiger charge is -2.47. The summed E-state index contributed by atoms with van der Waals surface area (Å²) < 4.78 is 0. The van der Waals surface area contributed by atoms with Crippen LogP contribution in [0.1, 0.15) is 85.7 Å². The number of hydrogen-bond donors (Lipinski definition) is 3. The van der Waals surface area contributed by atoms with Crippen molar-refractivity contribution >= 4 is 11.8 Å². The Bertz CT molecular complexity index is 986. The normalized spacial score (nSPS) is 19.7. The molecule has 0 saturated heterocycles. The minimum Gasteiger partial charge on any atom is -0.389 e. The minimum atomic E-state index is -1.10. The van der Waals surface area contributed by atoms with Crippen molar-refractivity contribution in [3.63, 3.8) is 0 Å². The molecule has 0 bridgehead atoms. The molecule has 2 unspecified atom stereocenters. The first kappa shape index (κ1) is 23.0. The Hall–Kier alpha value is -2.66. The molecule has 3 N–H and O–H groups in total. The van der Waals surface area contributed by atoms with E-state index >= 15 is 0 Å². The molecule has 5 nitrogen and oxygen atoms in total. The maximum atomic E-state index is 12.8. The van der Waals surface area contributed by atoms with E-state index < -0.39 is 11.1 Å². The van der Waals surface area contributed by atoms with Gasteiger partial charge in [0.25, 0.3) is 11.8 Å². The van der Waals surface area contributed by atoms with E-state index in [9.17, 15) is 14.7 Å². The summed E-state index contributed by atoms with van der Waals surface area (Å²) in [5.74, 6) is -0.514. The number of aliphatic hydroxyl groups is 1. The molecule has 31 heavy (non-hydrogen) atoms. The maximum Gasteiger partial charge on any atom is 0.252 e. The van der Waals surface area contributed by atoms with Crippen LogP contribution in [-0.2, 0) is 6.42 Å². The van der Waals surface area contributed by atoms with Crippen molar-refractivity contribution in [1.82, 2.24) is 10.6 Å². The van der Waals surface area contributed by atoms with Crippen molar-refractivity contribution in [3.05, 3.63) is 70.8 Å². The Labute approximate surface area is 185 Å². The molecule has 1 heterocycles. The summed E-state index contributed by atoms with van der Waals surface area (Å²) in [5.41, 5.74) is 0.959. The summed E-state index contributed by atoms with van der Waals surface area (Å²) in [6, 6.07) is 15.0. The predicted octanol–water partition coefficient (Wildman–Crippen LogP) is 4.20. The van der Waals surface area contributed by atoms with Crippen LogP contribution in [-0.4, -0.2) is 33.6 Å². The fourth-order valence-corrected chi connectivity index (χ4v) is 4.79. The smallest absolute Gasteiger partial charge is 0.252 e. The highest BCUT2D eigenvalue weighted by Gasteiger charge is 2.48. The average molecular weight is 423 g/mol. The van der Waals surface area contributed by atoms with Gasteiger partial charge < -0.3 is 15.7 Å². The summed E-state index contributed by atoms with van der Waals surface area (Å²) in [4.78, 5) is 25.3. The first-order valence-electron chi connectivity index (χ1n) is 10.9. The number of aryl methyl sites for hydroxylation is 1. The molecular weight excluding hydrogens is 388 g/mol. The highest BCUT2D eigenvalue weighted by atomic mass is 16.3. The molecule has 1 aliphatic rings. The van der Waals surface area contributed by atoms with Crippen molar-refractivity contribution < 1.29 is 14.7 Å². The monoisotopic (exact) mass is 422 g/mol. The highest BCUT2D eigenvalue weighted by molar-refractivity contribution is 5.98. The minimum absolute atomic E-state index is 0.113. The third-order valence-corrected chi connectivity index (χ3v) is 5.95. The number of nitrogens with one attached hydrogen (secondary N) is 2. The van der Waals surface area contributed by atoms with Gasteiger partial charge in [0, 0.05) is 28.1 Å². The van der Waals surface area contributed by atoms with Crippen LogP contribution in [0, 0.1) is 0 Å². The van der Waals surface area contributed by atoms with Crippen molar-refractivity contribution in [1.29, 1.82) is 0 Å². The molecule has 0 spiro atoms. The van der Waals surface area contributed by atoms with Crippen molar-refractivity contribution in [3.8, 4) is 0 Å². The van der Waals surface area contributed by atoms with Crippen LogP contribution in [0.4, 0.5) is 0 Å². The zero-order valence-electron chi connectivity index (χ0n) is 19.4. The molecular formula is C26H34N2O3. The lowest BCUT2D eigenvalue weighted by atomic mass is 9.66. The molecule has 5 heteroatoms. The number of carbonyl (C=O) groups is 2. The SMILES string of the molecule is CC(C)(C)NC(=O)c1ccccc1CCC(C)(O)C1c2ccccc2C(=O)NC1(C)C. The van der Waals surface area contributed by atoms with Crippen molar-refractivity contribution in [2.24, 2.45) is 0 Å². The second-order valence-corrected chi connectivity index (χ2v) is 10.4. The van der Waals surface area contributed by atoms with Gasteiger partial charge >= 0.3 is 0 Å². The molecule has 166 valence electrons. The van der Waals surface area contributed by atoms with Gasteiger partial charge in [-0.1, -0.05) is 36.4 Å². The lowest BCUT2D eigenvalue weighted by molar-refractivity contribution is -0.00857. The molecule has 0 fully saturated rings. The van der Waals surface area contributed by atoms with E-state index in [4.69, 9.17) is 0 Å². The topological polar surface area (TPSA) is 78.4 Å². The maximum absolute atomic E-state index is 12.8. The lowest BCUT2D eigenvalue weighted by Crippen LogP contribution is -2.58. The van der Waals surface area contributed by atoms with Crippen LogP contribution in [0.25, 0.3) is 0 Å². The van der Waals surface area contributed by atoms with Gasteiger partial charge in [0.2, 0.25) is 0 Å². The molecule has 2 aromatic rings. The second kappa shape index (κ2) is 8.12. The summed E-state index contributed by atoms with van der Waals surface area (Å²) in [6.07, 6.45) is 0.995. The molecule has 0 aromatic heterocycles. The van der Waals surface area contributed by atoms with Gasteiger partial charge in [-0.2, -0.15) is 0 Å². The van der Waals surface area contributed by atoms with Crippen LogP contribution in [0.2, 0.25) is 0 Å². The summed E-state index contributed by atoms with van der Waals surface area (Å²) in [7, 11) is 0. The Kier molecular flexibility index (Phi) is 6.03. The van der Waals surface area contributed by atoms with Crippen LogP contribution < -0.4 is 10.6 Å². The van der Waals surface area contributed by atoms with E-state index in [2.05, 4.69) is 10.6 Å². The first-order valence-corrected chi connectivity index (χ1v) is 10.9. The number of amides is 2. The quantitative estimate of drug-likeness (QED) is 0.676. The van der Waals surface area contributed by atoms with E-state index in [1.165, 1.54) is 0 Å². The van der Waals surface area contributed by atoms with Crippen LogP contribution in [0.3, 0.4) is 0 Å². The summed E-state index contributed by atoms with van der Waals surface area (Å²) in [5, 5.41) is 17.7. The predicted molar refractivity (Wildman–Crippen MR) is 123 cm³/mol. The van der Waals surface area contributed by atoms with Gasteiger partial charge in [0.05, 0.1) is 5.60 Å². The number of benzene rings is 2. The van der Waals surface area contributed by atoms with E-state index in [1.807, 2.05) is 84.0 Å². The zero-order chi connectivity index (χ0) is 23.0. The molecule has 1 aliphatic heterocycles. The van der Waals surface area contributed by atoms with Gasteiger partial charge in [-0.3, -0.25) is 9.59 Å². The van der Waals surface area contributed by atoms with Gasteiger partial charge in [0.15, 0.2) is 0 Å². The fourth-order valence-electron chi connectivity index (χ4n) is 4.79. The van der Waals surface area contributed by atoms with E-state index in [0.29, 0.717) is 24.0 Å².